The topological polar surface area (TPSA) is 80.4 Å². The molecule has 0 fully saturated rings. The van der Waals surface area contributed by atoms with Crippen molar-refractivity contribution in [1.82, 2.24) is 0 Å². The van der Waals surface area contributed by atoms with Crippen molar-refractivity contribution in [2.24, 2.45) is 0 Å². The summed E-state index contributed by atoms with van der Waals surface area (Å²) in [5, 5.41) is 20.5. The van der Waals surface area contributed by atoms with Gasteiger partial charge in [-0.2, -0.15) is 0 Å². The van der Waals surface area contributed by atoms with E-state index in [4.69, 9.17) is 16.7 Å². The number of aromatic carboxylic acids is 1. The van der Waals surface area contributed by atoms with Crippen LogP contribution in [-0.4, -0.2) is 16.0 Å². The van der Waals surface area contributed by atoms with Gasteiger partial charge in [-0.05, 0) is 17.5 Å². The van der Waals surface area contributed by atoms with Crippen LogP contribution < -0.4 is 0 Å². The molecule has 0 aromatic heterocycles. The largest absolute Gasteiger partial charge is 0.478 e. The van der Waals surface area contributed by atoms with Crippen LogP contribution in [0, 0.1) is 10.1 Å². The molecule has 0 aliphatic rings. The molecule has 2 aromatic rings. The predicted octanol–water partition coefficient (Wildman–Crippen LogP) is 4.18. The summed E-state index contributed by atoms with van der Waals surface area (Å²) in [7, 11) is 0. The Bertz CT molecular complexity index is 713. The van der Waals surface area contributed by atoms with Crippen LogP contribution in [-0.2, 0) is 6.42 Å². The van der Waals surface area contributed by atoms with E-state index in [0.29, 0.717) is 23.1 Å². The first-order chi connectivity index (χ1) is 9.97. The van der Waals surface area contributed by atoms with Crippen molar-refractivity contribution in [2.45, 2.75) is 13.3 Å². The molecule has 0 aliphatic heterocycles. The first-order valence-electron chi connectivity index (χ1n) is 6.25. The molecule has 0 unspecified atom stereocenters. The average Bonchev–Trinajstić information content (AvgIpc) is 2.46. The summed E-state index contributed by atoms with van der Waals surface area (Å²) in [4.78, 5) is 21.9. The summed E-state index contributed by atoms with van der Waals surface area (Å²) in [6, 6.07) is 9.81. The lowest BCUT2D eigenvalue weighted by molar-refractivity contribution is -0.384. The summed E-state index contributed by atoms with van der Waals surface area (Å²) < 4.78 is 0. The van der Waals surface area contributed by atoms with Crippen molar-refractivity contribution in [1.29, 1.82) is 0 Å². The fraction of sp³-hybridized carbons (Fsp3) is 0.133. The van der Waals surface area contributed by atoms with Gasteiger partial charge in [0.15, 0.2) is 0 Å². The van der Waals surface area contributed by atoms with Gasteiger partial charge in [-0.1, -0.05) is 48.9 Å². The lowest BCUT2D eigenvalue weighted by atomic mass is 9.94. The third-order valence-electron chi connectivity index (χ3n) is 3.18. The number of carboxylic acid groups (broad SMARTS) is 1. The van der Waals surface area contributed by atoms with Gasteiger partial charge in [0.1, 0.15) is 0 Å². The molecule has 1 N–H and O–H groups in total. The molecule has 2 aromatic carbocycles. The molecule has 0 saturated heterocycles. The van der Waals surface area contributed by atoms with E-state index < -0.39 is 10.9 Å². The van der Waals surface area contributed by atoms with Gasteiger partial charge in [0.05, 0.1) is 21.1 Å². The molecule has 0 amide bonds. The van der Waals surface area contributed by atoms with Crippen LogP contribution in [0.4, 0.5) is 5.69 Å². The summed E-state index contributed by atoms with van der Waals surface area (Å²) in [5.74, 6) is -1.28. The minimum absolute atomic E-state index is 0.0504. The van der Waals surface area contributed by atoms with Crippen LogP contribution >= 0.6 is 11.6 Å². The van der Waals surface area contributed by atoms with Crippen molar-refractivity contribution >= 4 is 23.3 Å². The molecule has 0 saturated carbocycles. The van der Waals surface area contributed by atoms with Crippen LogP contribution in [0.5, 0.6) is 0 Å². The van der Waals surface area contributed by atoms with E-state index in [9.17, 15) is 14.9 Å². The Hall–Kier alpha value is -2.40. The molecule has 5 nitrogen and oxygen atoms in total. The van der Waals surface area contributed by atoms with Gasteiger partial charge in [-0.15, -0.1) is 0 Å². The Morgan fingerprint density at radius 3 is 2.43 bits per heavy atom. The van der Waals surface area contributed by atoms with Crippen LogP contribution in [0.1, 0.15) is 22.8 Å². The number of carbonyl (C=O) groups is 1. The normalized spacial score (nSPS) is 10.4. The Balaban J connectivity index is 2.88. The number of carboxylic acids is 1. The smallest absolute Gasteiger partial charge is 0.337 e. The van der Waals surface area contributed by atoms with Crippen molar-refractivity contribution in [2.75, 3.05) is 0 Å². The van der Waals surface area contributed by atoms with E-state index in [0.717, 1.165) is 6.07 Å². The maximum absolute atomic E-state index is 11.3. The van der Waals surface area contributed by atoms with Crippen LogP contribution in [0.15, 0.2) is 36.4 Å². The van der Waals surface area contributed by atoms with Crippen molar-refractivity contribution < 1.29 is 14.8 Å². The van der Waals surface area contributed by atoms with E-state index in [1.165, 1.54) is 0 Å². The minimum atomic E-state index is -1.28. The van der Waals surface area contributed by atoms with Gasteiger partial charge < -0.3 is 5.11 Å². The second kappa shape index (κ2) is 5.93. The molecular weight excluding hydrogens is 294 g/mol. The zero-order chi connectivity index (χ0) is 15.6. The third-order valence-corrected chi connectivity index (χ3v) is 3.62. The summed E-state index contributed by atoms with van der Waals surface area (Å²) >= 11 is 6.13. The molecule has 0 bridgehead atoms. The van der Waals surface area contributed by atoms with E-state index in [1.807, 2.05) is 0 Å². The van der Waals surface area contributed by atoms with Crippen LogP contribution in [0.25, 0.3) is 11.1 Å². The number of nitro groups is 1. The average molecular weight is 306 g/mol. The fourth-order valence-corrected chi connectivity index (χ4v) is 2.62. The van der Waals surface area contributed by atoms with Gasteiger partial charge in [0, 0.05) is 6.07 Å². The van der Waals surface area contributed by atoms with Gasteiger partial charge >= 0.3 is 5.97 Å². The van der Waals surface area contributed by atoms with E-state index in [1.54, 1.807) is 37.3 Å². The van der Waals surface area contributed by atoms with Gasteiger partial charge in [0.2, 0.25) is 0 Å². The highest BCUT2D eigenvalue weighted by atomic mass is 35.5. The number of rotatable bonds is 4. The molecule has 2 rings (SSSR count). The third kappa shape index (κ3) is 2.73. The minimum Gasteiger partial charge on any atom is -0.478 e. The Kier molecular flexibility index (Phi) is 4.23. The van der Waals surface area contributed by atoms with E-state index in [-0.39, 0.29) is 16.3 Å². The number of nitrogens with zero attached hydrogens (tertiary/aromatic N) is 1. The number of benzene rings is 2. The van der Waals surface area contributed by atoms with Gasteiger partial charge in [-0.3, -0.25) is 10.1 Å². The van der Waals surface area contributed by atoms with Gasteiger partial charge in [-0.25, -0.2) is 4.79 Å². The number of halogens is 1. The van der Waals surface area contributed by atoms with Crippen molar-refractivity contribution in [3.63, 3.8) is 0 Å². The molecule has 0 radical (unpaired) electrons. The molecule has 6 heteroatoms. The first kappa shape index (κ1) is 15.0. The molecule has 0 spiro atoms. The second-order valence-corrected chi connectivity index (χ2v) is 4.77. The number of nitro benzene ring substituents is 1. The van der Waals surface area contributed by atoms with E-state index >= 15 is 0 Å². The highest BCUT2D eigenvalue weighted by Crippen LogP contribution is 2.39. The maximum atomic E-state index is 11.3. The zero-order valence-electron chi connectivity index (χ0n) is 11.2. The Morgan fingerprint density at radius 1 is 1.33 bits per heavy atom. The first-order valence-corrected chi connectivity index (χ1v) is 6.63. The SMILES string of the molecule is CCc1c(Cl)c(C(=O)O)cc([N+](=O)[O-])c1-c1ccccc1. The highest BCUT2D eigenvalue weighted by Gasteiger charge is 2.26. The van der Waals surface area contributed by atoms with Crippen LogP contribution in [0.2, 0.25) is 5.02 Å². The van der Waals surface area contributed by atoms with Crippen molar-refractivity contribution in [3.8, 4) is 11.1 Å². The molecule has 21 heavy (non-hydrogen) atoms. The lowest BCUT2D eigenvalue weighted by Crippen LogP contribution is -2.05. The van der Waals surface area contributed by atoms with Crippen molar-refractivity contribution in [3.05, 3.63) is 62.7 Å². The second-order valence-electron chi connectivity index (χ2n) is 4.39. The number of hydrogen-bond acceptors (Lipinski definition) is 3. The molecular formula is C15H12ClNO4. The summed E-state index contributed by atoms with van der Waals surface area (Å²) in [5.41, 5.74) is 0.979. The molecule has 0 aliphatic carbocycles. The number of hydrogen-bond donors (Lipinski definition) is 1. The van der Waals surface area contributed by atoms with E-state index in [2.05, 4.69) is 0 Å². The lowest BCUT2D eigenvalue weighted by Gasteiger charge is -2.13. The molecule has 0 atom stereocenters. The van der Waals surface area contributed by atoms with Crippen LogP contribution in [0.3, 0.4) is 0 Å². The Labute approximate surface area is 125 Å². The molecule has 108 valence electrons. The van der Waals surface area contributed by atoms with Gasteiger partial charge in [0.25, 0.3) is 5.69 Å². The zero-order valence-corrected chi connectivity index (χ0v) is 11.9. The monoisotopic (exact) mass is 305 g/mol. The standard InChI is InChI=1S/C15H12ClNO4/c1-2-10-13(9-6-4-3-5-7-9)12(17(20)21)8-11(14(10)16)15(18)19/h3-8H,2H2,1H3,(H,18,19). The molecule has 0 heterocycles. The fourth-order valence-electron chi connectivity index (χ4n) is 2.26. The quantitative estimate of drug-likeness (QED) is 0.679. The highest BCUT2D eigenvalue weighted by molar-refractivity contribution is 6.35. The summed E-state index contributed by atoms with van der Waals surface area (Å²) in [6.07, 6.45) is 0.394. The summed E-state index contributed by atoms with van der Waals surface area (Å²) in [6.45, 7) is 1.78. The predicted molar refractivity (Wildman–Crippen MR) is 79.9 cm³/mol. The Morgan fingerprint density at radius 2 is 1.95 bits per heavy atom. The maximum Gasteiger partial charge on any atom is 0.337 e.